The fourth-order valence-corrected chi connectivity index (χ4v) is 6.35. The molecule has 1 aliphatic heterocycles. The quantitative estimate of drug-likeness (QED) is 0.316. The number of aliphatic hydroxyl groups is 1. The highest BCUT2D eigenvalue weighted by molar-refractivity contribution is 5.96. The number of fused-ring (bicyclic) bond motifs is 3. The summed E-state index contributed by atoms with van der Waals surface area (Å²) in [4.78, 5) is 11.8. The third-order valence-corrected chi connectivity index (χ3v) is 8.44. The molecule has 0 amide bonds. The number of ether oxygens (including phenoxy) is 2. The van der Waals surface area contributed by atoms with Gasteiger partial charge in [-0.1, -0.05) is 19.1 Å². The van der Waals surface area contributed by atoms with Crippen LogP contribution >= 0.6 is 0 Å². The molecule has 2 N–H and O–H groups in total. The van der Waals surface area contributed by atoms with E-state index in [1.807, 2.05) is 13.8 Å². The van der Waals surface area contributed by atoms with E-state index in [1.165, 1.54) is 30.4 Å². The van der Waals surface area contributed by atoms with E-state index in [0.29, 0.717) is 50.6 Å². The Hall–Kier alpha value is -2.95. The standard InChI is InChI=1S/C31H39F3N4O3/c1-5-25(22-10-7-11-24(27(22)32)31(33,34)18-41-4)37-29-23-16-26(38-14-12-30(39,13-15-38)17-40-3)20-8-6-9-21(20)28(23)35-19(2)36-29/h7,10-11,16,25,39H,5-6,8-9,12-15,17-18H2,1-4H3,(H,35,36,37)/t25-/m1/s1. The van der Waals surface area contributed by atoms with Crippen LogP contribution in [0.15, 0.2) is 24.3 Å². The van der Waals surface area contributed by atoms with Crippen LogP contribution < -0.4 is 10.2 Å². The van der Waals surface area contributed by atoms with Gasteiger partial charge < -0.3 is 24.8 Å². The van der Waals surface area contributed by atoms with Crippen LogP contribution in [0.1, 0.15) is 66.7 Å². The summed E-state index contributed by atoms with van der Waals surface area (Å²) in [7, 11) is 2.78. The molecule has 0 saturated carbocycles. The highest BCUT2D eigenvalue weighted by Crippen LogP contribution is 2.41. The zero-order chi connectivity index (χ0) is 29.4. The minimum Gasteiger partial charge on any atom is -0.387 e. The monoisotopic (exact) mass is 572 g/mol. The van der Waals surface area contributed by atoms with E-state index in [4.69, 9.17) is 14.7 Å². The molecule has 3 aromatic rings. The third-order valence-electron chi connectivity index (χ3n) is 8.44. The first-order valence-electron chi connectivity index (χ1n) is 14.3. The molecule has 2 aliphatic rings. The maximum atomic E-state index is 15.6. The summed E-state index contributed by atoms with van der Waals surface area (Å²) in [5.41, 5.74) is 3.11. The van der Waals surface area contributed by atoms with Crippen molar-refractivity contribution in [3.05, 3.63) is 58.2 Å². The third kappa shape index (κ3) is 5.74. The number of nitrogens with zero attached hydrogens (tertiary/aromatic N) is 3. The van der Waals surface area contributed by atoms with Gasteiger partial charge in [0, 0.05) is 43.9 Å². The number of aromatic nitrogens is 2. The van der Waals surface area contributed by atoms with Crippen molar-refractivity contribution in [3.63, 3.8) is 0 Å². The molecule has 2 heterocycles. The molecule has 1 atom stereocenters. The van der Waals surface area contributed by atoms with Crippen LogP contribution in [-0.2, 0) is 28.2 Å². The summed E-state index contributed by atoms with van der Waals surface area (Å²) >= 11 is 0. The topological polar surface area (TPSA) is 79.7 Å². The van der Waals surface area contributed by atoms with Gasteiger partial charge in [-0.2, -0.15) is 8.78 Å². The van der Waals surface area contributed by atoms with Crippen molar-refractivity contribution >= 4 is 22.4 Å². The van der Waals surface area contributed by atoms with E-state index in [9.17, 15) is 13.9 Å². The molecule has 1 aromatic heterocycles. The Morgan fingerprint density at radius 3 is 2.54 bits per heavy atom. The Kier molecular flexibility index (Phi) is 8.46. The molecule has 2 aromatic carbocycles. The van der Waals surface area contributed by atoms with Crippen molar-refractivity contribution < 1.29 is 27.8 Å². The van der Waals surface area contributed by atoms with Gasteiger partial charge in [0.25, 0.3) is 5.92 Å². The number of hydrogen-bond acceptors (Lipinski definition) is 7. The van der Waals surface area contributed by atoms with E-state index < -0.39 is 35.6 Å². The largest absolute Gasteiger partial charge is 0.387 e. The molecular formula is C31H39F3N4O3. The van der Waals surface area contributed by atoms with Gasteiger partial charge in [0.2, 0.25) is 0 Å². The van der Waals surface area contributed by atoms with Crippen LogP contribution in [-0.4, -0.2) is 61.2 Å². The zero-order valence-electron chi connectivity index (χ0n) is 24.2. The highest BCUT2D eigenvalue weighted by atomic mass is 19.3. The number of anilines is 2. The van der Waals surface area contributed by atoms with Crippen LogP contribution in [0.3, 0.4) is 0 Å². The summed E-state index contributed by atoms with van der Waals surface area (Å²) in [6.45, 7) is 4.50. The van der Waals surface area contributed by atoms with Gasteiger partial charge in [-0.25, -0.2) is 14.4 Å². The molecule has 7 nitrogen and oxygen atoms in total. The maximum absolute atomic E-state index is 15.6. The number of nitrogens with one attached hydrogen (secondary N) is 1. The van der Waals surface area contributed by atoms with Crippen LogP contribution in [0.4, 0.5) is 24.7 Å². The van der Waals surface area contributed by atoms with E-state index in [-0.39, 0.29) is 5.56 Å². The molecule has 222 valence electrons. The number of piperidine rings is 1. The molecule has 41 heavy (non-hydrogen) atoms. The normalized spacial score (nSPS) is 17.6. The van der Waals surface area contributed by atoms with Crippen molar-refractivity contribution in [3.8, 4) is 0 Å². The van der Waals surface area contributed by atoms with Gasteiger partial charge in [0.05, 0.1) is 29.3 Å². The maximum Gasteiger partial charge on any atom is 0.298 e. The molecule has 0 radical (unpaired) electrons. The molecular weight excluding hydrogens is 533 g/mol. The Labute approximate surface area is 239 Å². The number of halogens is 3. The molecule has 1 saturated heterocycles. The Balaban J connectivity index is 1.54. The lowest BCUT2D eigenvalue weighted by Crippen LogP contribution is -2.47. The van der Waals surface area contributed by atoms with Gasteiger partial charge in [0.15, 0.2) is 0 Å². The number of hydrogen-bond donors (Lipinski definition) is 2. The number of benzene rings is 2. The average Bonchev–Trinajstić information content (AvgIpc) is 3.43. The van der Waals surface area contributed by atoms with Crippen LogP contribution in [0.2, 0.25) is 0 Å². The molecule has 1 fully saturated rings. The highest BCUT2D eigenvalue weighted by Gasteiger charge is 2.37. The second kappa shape index (κ2) is 11.7. The van der Waals surface area contributed by atoms with Crippen LogP contribution in [0.5, 0.6) is 0 Å². The smallest absolute Gasteiger partial charge is 0.298 e. The SMILES string of the molecule is CC[C@@H](Nc1nc(C)nc2c3c(c(N4CCC(O)(COC)CC4)cc12)CCC3)c1cccc(C(F)(F)COC)c1F. The molecule has 0 spiro atoms. The van der Waals surface area contributed by atoms with Crippen molar-refractivity contribution in [1.82, 2.24) is 9.97 Å². The lowest BCUT2D eigenvalue weighted by Gasteiger charge is -2.39. The first kappa shape index (κ1) is 29.5. The van der Waals surface area contributed by atoms with E-state index >= 15 is 4.39 Å². The second-order valence-corrected chi connectivity index (χ2v) is 11.3. The van der Waals surface area contributed by atoms with E-state index in [2.05, 4.69) is 21.0 Å². The molecule has 5 rings (SSSR count). The van der Waals surface area contributed by atoms with Crippen molar-refractivity contribution in [2.75, 3.05) is 50.7 Å². The van der Waals surface area contributed by atoms with E-state index in [1.54, 1.807) is 7.11 Å². The number of rotatable bonds is 10. The Morgan fingerprint density at radius 2 is 1.85 bits per heavy atom. The fourth-order valence-electron chi connectivity index (χ4n) is 6.35. The van der Waals surface area contributed by atoms with Crippen LogP contribution in [0.25, 0.3) is 10.9 Å². The van der Waals surface area contributed by atoms with E-state index in [0.717, 1.165) is 41.9 Å². The second-order valence-electron chi connectivity index (χ2n) is 11.3. The van der Waals surface area contributed by atoms with Gasteiger partial charge in [-0.3, -0.25) is 0 Å². The van der Waals surface area contributed by atoms with Crippen LogP contribution in [0, 0.1) is 12.7 Å². The van der Waals surface area contributed by atoms with Crippen molar-refractivity contribution in [2.45, 2.75) is 69.9 Å². The predicted molar refractivity (Wildman–Crippen MR) is 153 cm³/mol. The van der Waals surface area contributed by atoms with Gasteiger partial charge >= 0.3 is 0 Å². The summed E-state index contributed by atoms with van der Waals surface area (Å²) in [6, 6.07) is 5.61. The molecule has 1 aliphatic carbocycles. The molecule has 10 heteroatoms. The Morgan fingerprint density at radius 1 is 1.12 bits per heavy atom. The molecule has 0 unspecified atom stereocenters. The van der Waals surface area contributed by atoms with Gasteiger partial charge in [0.1, 0.15) is 24.1 Å². The van der Waals surface area contributed by atoms with Crippen molar-refractivity contribution in [1.29, 1.82) is 0 Å². The predicted octanol–water partition coefficient (Wildman–Crippen LogP) is 5.85. The first-order valence-corrected chi connectivity index (χ1v) is 14.3. The summed E-state index contributed by atoms with van der Waals surface area (Å²) in [5.74, 6) is -3.26. The van der Waals surface area contributed by atoms with Gasteiger partial charge in [-0.05, 0) is 68.7 Å². The minimum atomic E-state index is -3.45. The van der Waals surface area contributed by atoms with Crippen molar-refractivity contribution in [2.24, 2.45) is 0 Å². The number of methoxy groups -OCH3 is 2. The van der Waals surface area contributed by atoms with Gasteiger partial charge in [-0.15, -0.1) is 0 Å². The molecule has 0 bridgehead atoms. The average molecular weight is 573 g/mol. The summed E-state index contributed by atoms with van der Waals surface area (Å²) < 4.78 is 54.8. The lowest BCUT2D eigenvalue weighted by atomic mass is 9.91. The summed E-state index contributed by atoms with van der Waals surface area (Å²) in [5, 5.41) is 15.1. The zero-order valence-corrected chi connectivity index (χ0v) is 24.2. The number of alkyl halides is 2. The number of aryl methyl sites for hydroxylation is 2. The minimum absolute atomic E-state index is 0.153. The fraction of sp³-hybridized carbons (Fsp3) is 0.548. The Bertz CT molecular complexity index is 1410. The first-order chi connectivity index (χ1) is 19.6. The summed E-state index contributed by atoms with van der Waals surface area (Å²) in [6.07, 6.45) is 4.54. The lowest BCUT2D eigenvalue weighted by molar-refractivity contribution is -0.0722.